The van der Waals surface area contributed by atoms with Gasteiger partial charge in [-0.3, -0.25) is 9.59 Å². The molecule has 0 unspecified atom stereocenters. The Kier molecular flexibility index (Phi) is 5.91. The molecule has 1 aliphatic heterocycles. The highest BCUT2D eigenvalue weighted by atomic mass is 16.5. The number of fused-ring (bicyclic) bond motifs is 1. The van der Waals surface area contributed by atoms with Crippen LogP contribution in [0.1, 0.15) is 36.2 Å². The van der Waals surface area contributed by atoms with Gasteiger partial charge in [0.15, 0.2) is 5.78 Å². The van der Waals surface area contributed by atoms with Crippen LogP contribution < -0.4 is 14.4 Å². The van der Waals surface area contributed by atoms with Gasteiger partial charge in [0.05, 0.1) is 18.8 Å². The highest BCUT2D eigenvalue weighted by Gasteiger charge is 2.23. The van der Waals surface area contributed by atoms with Gasteiger partial charge in [-0.05, 0) is 43.7 Å². The van der Waals surface area contributed by atoms with Crippen LogP contribution in [0.5, 0.6) is 11.5 Å². The van der Waals surface area contributed by atoms with E-state index in [0.29, 0.717) is 36.8 Å². The molecule has 2 aromatic rings. The van der Waals surface area contributed by atoms with E-state index in [1.165, 1.54) is 13.0 Å². The number of benzene rings is 2. The summed E-state index contributed by atoms with van der Waals surface area (Å²) >= 11 is 0. The number of hydrogen-bond acceptors (Lipinski definition) is 4. The summed E-state index contributed by atoms with van der Waals surface area (Å²) in [5.74, 6) is 1.16. The van der Waals surface area contributed by atoms with Gasteiger partial charge in [0, 0.05) is 17.2 Å². The largest absolute Gasteiger partial charge is 0.493 e. The number of ketones is 1. The number of carbonyl (C=O) groups is 2. The smallest absolute Gasteiger partial charge is 0.251 e. The Morgan fingerprint density at radius 2 is 2.04 bits per heavy atom. The van der Waals surface area contributed by atoms with Crippen molar-refractivity contribution in [1.82, 2.24) is 0 Å². The van der Waals surface area contributed by atoms with E-state index in [1.54, 1.807) is 29.2 Å². The van der Waals surface area contributed by atoms with Gasteiger partial charge in [0.2, 0.25) is 0 Å². The summed E-state index contributed by atoms with van der Waals surface area (Å²) in [6.07, 6.45) is 4.21. The molecular weight excluding hydrogens is 342 g/mol. The second-order valence-electron chi connectivity index (χ2n) is 6.30. The van der Waals surface area contributed by atoms with Gasteiger partial charge in [0.1, 0.15) is 18.1 Å². The SMILES string of the molecule is CCCOc1ccccc1/C=C/C(=O)N1CCOc2ccc(C(C)=O)cc21. The monoisotopic (exact) mass is 365 g/mol. The molecule has 2 aromatic carbocycles. The van der Waals surface area contributed by atoms with Crippen molar-refractivity contribution in [2.24, 2.45) is 0 Å². The Bertz CT molecular complexity index is 872. The maximum atomic E-state index is 12.8. The fourth-order valence-electron chi connectivity index (χ4n) is 2.88. The summed E-state index contributed by atoms with van der Waals surface area (Å²) in [5.41, 5.74) is 2.03. The van der Waals surface area contributed by atoms with Gasteiger partial charge >= 0.3 is 0 Å². The number of Topliss-reactive ketones (excluding diaryl/α,β-unsaturated/α-hetero) is 1. The number of amides is 1. The van der Waals surface area contributed by atoms with Gasteiger partial charge < -0.3 is 14.4 Å². The molecule has 140 valence electrons. The number of rotatable bonds is 6. The zero-order chi connectivity index (χ0) is 19.2. The standard InChI is InChI=1S/C22H23NO4/c1-3-13-26-20-7-5-4-6-17(20)9-11-22(25)23-12-14-27-21-10-8-18(16(2)24)15-19(21)23/h4-11,15H,3,12-14H2,1-2H3/b11-9+. The normalized spacial score (nSPS) is 13.2. The van der Waals surface area contributed by atoms with Crippen LogP contribution in [0.3, 0.4) is 0 Å². The van der Waals surface area contributed by atoms with Crippen LogP contribution in [0, 0.1) is 0 Å². The molecule has 27 heavy (non-hydrogen) atoms. The molecule has 1 heterocycles. The Morgan fingerprint density at radius 3 is 2.81 bits per heavy atom. The fraction of sp³-hybridized carbons (Fsp3) is 0.273. The Labute approximate surface area is 159 Å². The average Bonchev–Trinajstić information content (AvgIpc) is 2.70. The lowest BCUT2D eigenvalue weighted by Gasteiger charge is -2.29. The first-order valence-electron chi connectivity index (χ1n) is 9.09. The lowest BCUT2D eigenvalue weighted by Crippen LogP contribution is -2.37. The zero-order valence-corrected chi connectivity index (χ0v) is 15.6. The van der Waals surface area contributed by atoms with Crippen molar-refractivity contribution in [3.63, 3.8) is 0 Å². The summed E-state index contributed by atoms with van der Waals surface area (Å²) in [6, 6.07) is 12.8. The van der Waals surface area contributed by atoms with Crippen LogP contribution in [0.15, 0.2) is 48.5 Å². The third-order valence-electron chi connectivity index (χ3n) is 4.28. The van der Waals surface area contributed by atoms with Gasteiger partial charge in [-0.15, -0.1) is 0 Å². The Hall–Kier alpha value is -3.08. The van der Waals surface area contributed by atoms with E-state index >= 15 is 0 Å². The van der Waals surface area contributed by atoms with Crippen molar-refractivity contribution >= 4 is 23.5 Å². The first-order valence-corrected chi connectivity index (χ1v) is 9.09. The first-order chi connectivity index (χ1) is 13.1. The van der Waals surface area contributed by atoms with Crippen molar-refractivity contribution < 1.29 is 19.1 Å². The summed E-state index contributed by atoms with van der Waals surface area (Å²) in [7, 11) is 0. The molecule has 5 heteroatoms. The molecule has 0 bridgehead atoms. The first kappa shape index (κ1) is 18.7. The number of para-hydroxylation sites is 1. The summed E-state index contributed by atoms with van der Waals surface area (Å²) in [6.45, 7) is 5.04. The van der Waals surface area contributed by atoms with E-state index in [2.05, 4.69) is 0 Å². The maximum absolute atomic E-state index is 12.8. The van der Waals surface area contributed by atoms with Crippen molar-refractivity contribution in [1.29, 1.82) is 0 Å². The van der Waals surface area contributed by atoms with Crippen molar-refractivity contribution in [3.05, 3.63) is 59.7 Å². The van der Waals surface area contributed by atoms with Crippen LogP contribution in [-0.4, -0.2) is 31.4 Å². The second kappa shape index (κ2) is 8.54. The van der Waals surface area contributed by atoms with Crippen LogP contribution >= 0.6 is 0 Å². The highest BCUT2D eigenvalue weighted by Crippen LogP contribution is 2.33. The summed E-state index contributed by atoms with van der Waals surface area (Å²) in [4.78, 5) is 26.1. The third kappa shape index (κ3) is 4.37. The molecule has 0 saturated heterocycles. The lowest BCUT2D eigenvalue weighted by molar-refractivity contribution is -0.114. The van der Waals surface area contributed by atoms with Gasteiger partial charge in [-0.25, -0.2) is 0 Å². The summed E-state index contributed by atoms with van der Waals surface area (Å²) in [5, 5.41) is 0. The number of anilines is 1. The Morgan fingerprint density at radius 1 is 1.22 bits per heavy atom. The van der Waals surface area contributed by atoms with E-state index in [9.17, 15) is 9.59 Å². The molecule has 1 aliphatic rings. The molecule has 0 N–H and O–H groups in total. The molecule has 0 saturated carbocycles. The second-order valence-corrected chi connectivity index (χ2v) is 6.30. The quantitative estimate of drug-likeness (QED) is 0.571. The summed E-state index contributed by atoms with van der Waals surface area (Å²) < 4.78 is 11.3. The predicted octanol–water partition coefficient (Wildman–Crippen LogP) is 4.12. The van der Waals surface area contributed by atoms with Gasteiger partial charge in [0.25, 0.3) is 5.91 Å². The molecule has 0 atom stereocenters. The molecular formula is C22H23NO4. The van der Waals surface area contributed by atoms with E-state index < -0.39 is 0 Å². The number of carbonyl (C=O) groups excluding carboxylic acids is 2. The van der Waals surface area contributed by atoms with Crippen LogP contribution in [0.25, 0.3) is 6.08 Å². The fourth-order valence-corrected chi connectivity index (χ4v) is 2.88. The molecule has 1 amide bonds. The molecule has 0 spiro atoms. The zero-order valence-electron chi connectivity index (χ0n) is 15.6. The van der Waals surface area contributed by atoms with Crippen LogP contribution in [0.4, 0.5) is 5.69 Å². The predicted molar refractivity (Wildman–Crippen MR) is 106 cm³/mol. The van der Waals surface area contributed by atoms with Crippen molar-refractivity contribution in [2.45, 2.75) is 20.3 Å². The number of ether oxygens (including phenoxy) is 2. The van der Waals surface area contributed by atoms with E-state index in [-0.39, 0.29) is 11.7 Å². The molecule has 0 aromatic heterocycles. The third-order valence-corrected chi connectivity index (χ3v) is 4.28. The topological polar surface area (TPSA) is 55.8 Å². The Balaban J connectivity index is 1.83. The lowest BCUT2D eigenvalue weighted by atomic mass is 10.1. The van der Waals surface area contributed by atoms with Gasteiger partial charge in [-0.2, -0.15) is 0 Å². The minimum absolute atomic E-state index is 0.0479. The average molecular weight is 365 g/mol. The van der Waals surface area contributed by atoms with E-state index in [0.717, 1.165) is 17.7 Å². The van der Waals surface area contributed by atoms with Crippen molar-refractivity contribution in [2.75, 3.05) is 24.7 Å². The minimum atomic E-state index is -0.162. The van der Waals surface area contributed by atoms with E-state index in [1.807, 2.05) is 31.2 Å². The number of hydrogen-bond donors (Lipinski definition) is 0. The molecule has 0 fully saturated rings. The van der Waals surface area contributed by atoms with Gasteiger partial charge in [-0.1, -0.05) is 25.1 Å². The molecule has 5 nitrogen and oxygen atoms in total. The number of nitrogens with zero attached hydrogens (tertiary/aromatic N) is 1. The molecule has 3 rings (SSSR count). The molecule has 0 aliphatic carbocycles. The minimum Gasteiger partial charge on any atom is -0.493 e. The molecule has 0 radical (unpaired) electrons. The van der Waals surface area contributed by atoms with Crippen LogP contribution in [0.2, 0.25) is 0 Å². The van der Waals surface area contributed by atoms with Crippen molar-refractivity contribution in [3.8, 4) is 11.5 Å². The highest BCUT2D eigenvalue weighted by molar-refractivity contribution is 6.06. The maximum Gasteiger partial charge on any atom is 0.251 e. The van der Waals surface area contributed by atoms with Crippen LogP contribution in [-0.2, 0) is 4.79 Å². The van der Waals surface area contributed by atoms with E-state index in [4.69, 9.17) is 9.47 Å².